The molecule has 0 radical (unpaired) electrons. The topological polar surface area (TPSA) is 21.3 Å². The van der Waals surface area contributed by atoms with E-state index in [2.05, 4.69) is 30.6 Å². The van der Waals surface area contributed by atoms with E-state index >= 15 is 0 Å². The van der Waals surface area contributed by atoms with E-state index in [1.54, 1.807) is 0 Å². The Hall–Kier alpha value is -0.380. The standard InChI is InChI=1S/C13H21NOS/c1-3-14-12(9-11-5-4-7-15-11)13-10(2)6-8-16-13/h6,8,11-12,14H,3-5,7,9H2,1-2H3. The smallest absolute Gasteiger partial charge is 0.0594 e. The minimum atomic E-state index is 0.463. The third kappa shape index (κ3) is 2.84. The molecule has 2 unspecified atom stereocenters. The molecular formula is C13H21NOS. The van der Waals surface area contributed by atoms with E-state index < -0.39 is 0 Å². The van der Waals surface area contributed by atoms with Gasteiger partial charge in [-0.1, -0.05) is 6.92 Å². The van der Waals surface area contributed by atoms with Crippen molar-refractivity contribution in [3.8, 4) is 0 Å². The Bertz CT molecular complexity index is 317. The van der Waals surface area contributed by atoms with Gasteiger partial charge in [0.15, 0.2) is 0 Å². The quantitative estimate of drug-likeness (QED) is 0.851. The summed E-state index contributed by atoms with van der Waals surface area (Å²) in [4.78, 5) is 1.48. The maximum atomic E-state index is 5.73. The van der Waals surface area contributed by atoms with Crippen molar-refractivity contribution in [1.82, 2.24) is 5.32 Å². The maximum absolute atomic E-state index is 5.73. The summed E-state index contributed by atoms with van der Waals surface area (Å²) in [5.41, 5.74) is 1.41. The second-order valence-corrected chi connectivity index (χ2v) is 5.40. The summed E-state index contributed by atoms with van der Waals surface area (Å²) in [7, 11) is 0. The summed E-state index contributed by atoms with van der Waals surface area (Å²) in [6.07, 6.45) is 4.04. The molecule has 0 spiro atoms. The van der Waals surface area contributed by atoms with Gasteiger partial charge in [-0.3, -0.25) is 0 Å². The Morgan fingerprint density at radius 3 is 3.06 bits per heavy atom. The van der Waals surface area contributed by atoms with Crippen molar-refractivity contribution < 1.29 is 4.74 Å². The van der Waals surface area contributed by atoms with Crippen LogP contribution in [0.15, 0.2) is 11.4 Å². The van der Waals surface area contributed by atoms with Crippen molar-refractivity contribution >= 4 is 11.3 Å². The summed E-state index contributed by atoms with van der Waals surface area (Å²) in [5, 5.41) is 5.77. The molecule has 2 atom stereocenters. The van der Waals surface area contributed by atoms with Crippen LogP contribution in [-0.2, 0) is 4.74 Å². The number of rotatable bonds is 5. The number of ether oxygens (including phenoxy) is 1. The molecule has 0 saturated carbocycles. The van der Waals surface area contributed by atoms with Gasteiger partial charge in [-0.15, -0.1) is 11.3 Å². The molecule has 2 nitrogen and oxygen atoms in total. The molecule has 0 aliphatic carbocycles. The largest absolute Gasteiger partial charge is 0.378 e. The molecule has 0 bridgehead atoms. The van der Waals surface area contributed by atoms with Crippen LogP contribution in [0.25, 0.3) is 0 Å². The molecule has 0 amide bonds. The van der Waals surface area contributed by atoms with E-state index in [4.69, 9.17) is 4.74 Å². The van der Waals surface area contributed by atoms with E-state index in [0.29, 0.717) is 12.1 Å². The summed E-state index contributed by atoms with van der Waals surface area (Å²) < 4.78 is 5.73. The average molecular weight is 239 g/mol. The van der Waals surface area contributed by atoms with Crippen LogP contribution in [0.5, 0.6) is 0 Å². The second kappa shape index (κ2) is 5.80. The van der Waals surface area contributed by atoms with E-state index in [0.717, 1.165) is 19.6 Å². The molecule has 1 N–H and O–H groups in total. The molecule has 1 aliphatic rings. The van der Waals surface area contributed by atoms with Crippen LogP contribution < -0.4 is 5.32 Å². The summed E-state index contributed by atoms with van der Waals surface area (Å²) in [6.45, 7) is 6.35. The van der Waals surface area contributed by atoms with Crippen LogP contribution in [0, 0.1) is 6.92 Å². The maximum Gasteiger partial charge on any atom is 0.0594 e. The first kappa shape index (κ1) is 12.1. The van der Waals surface area contributed by atoms with Crippen molar-refractivity contribution in [2.45, 2.75) is 45.3 Å². The van der Waals surface area contributed by atoms with Crippen molar-refractivity contribution in [3.63, 3.8) is 0 Å². The molecule has 2 rings (SSSR count). The Morgan fingerprint density at radius 1 is 1.62 bits per heavy atom. The van der Waals surface area contributed by atoms with Gasteiger partial charge >= 0.3 is 0 Å². The van der Waals surface area contributed by atoms with Crippen LogP contribution >= 0.6 is 11.3 Å². The molecule has 90 valence electrons. The Morgan fingerprint density at radius 2 is 2.50 bits per heavy atom. The Balaban J connectivity index is 2.01. The minimum Gasteiger partial charge on any atom is -0.378 e. The molecule has 2 heterocycles. The predicted molar refractivity (Wildman–Crippen MR) is 69.1 cm³/mol. The summed E-state index contributed by atoms with van der Waals surface area (Å²) in [5.74, 6) is 0. The lowest BCUT2D eigenvalue weighted by Gasteiger charge is -2.21. The first-order valence-corrected chi connectivity index (χ1v) is 7.08. The fourth-order valence-corrected chi connectivity index (χ4v) is 3.38. The monoisotopic (exact) mass is 239 g/mol. The second-order valence-electron chi connectivity index (χ2n) is 4.45. The van der Waals surface area contributed by atoms with Crippen LogP contribution in [0.1, 0.15) is 42.7 Å². The van der Waals surface area contributed by atoms with Crippen molar-refractivity contribution in [1.29, 1.82) is 0 Å². The Kier molecular flexibility index (Phi) is 4.38. The predicted octanol–water partition coefficient (Wildman–Crippen LogP) is 3.28. The van der Waals surface area contributed by atoms with E-state index in [9.17, 15) is 0 Å². The van der Waals surface area contributed by atoms with Gasteiger partial charge in [-0.25, -0.2) is 0 Å². The number of hydrogen-bond acceptors (Lipinski definition) is 3. The summed E-state index contributed by atoms with van der Waals surface area (Å²) in [6, 6.07) is 2.69. The van der Waals surface area contributed by atoms with Gasteiger partial charge in [0, 0.05) is 17.5 Å². The lowest BCUT2D eigenvalue weighted by molar-refractivity contribution is 0.0950. The zero-order chi connectivity index (χ0) is 11.4. The first-order valence-electron chi connectivity index (χ1n) is 6.20. The molecule has 3 heteroatoms. The highest BCUT2D eigenvalue weighted by molar-refractivity contribution is 7.10. The van der Waals surface area contributed by atoms with Gasteiger partial charge in [-0.2, -0.15) is 0 Å². The van der Waals surface area contributed by atoms with E-state index in [-0.39, 0.29) is 0 Å². The molecule has 1 aliphatic heterocycles. The Labute approximate surface area is 102 Å². The highest BCUT2D eigenvalue weighted by Gasteiger charge is 2.22. The SMILES string of the molecule is CCNC(CC1CCCO1)c1sccc1C. The zero-order valence-electron chi connectivity index (χ0n) is 10.2. The van der Waals surface area contributed by atoms with Crippen LogP contribution in [0.2, 0.25) is 0 Å². The van der Waals surface area contributed by atoms with Gasteiger partial charge < -0.3 is 10.1 Å². The van der Waals surface area contributed by atoms with Crippen LogP contribution in [-0.4, -0.2) is 19.3 Å². The third-order valence-corrected chi connectivity index (χ3v) is 4.32. The molecule has 1 saturated heterocycles. The summed E-state index contributed by atoms with van der Waals surface area (Å²) >= 11 is 1.86. The molecule has 0 aromatic carbocycles. The molecule has 1 aromatic heterocycles. The fraction of sp³-hybridized carbons (Fsp3) is 0.692. The number of hydrogen-bond donors (Lipinski definition) is 1. The average Bonchev–Trinajstić information content (AvgIpc) is 2.88. The fourth-order valence-electron chi connectivity index (χ4n) is 2.36. The molecule has 1 aromatic rings. The van der Waals surface area contributed by atoms with Gasteiger partial charge in [0.2, 0.25) is 0 Å². The van der Waals surface area contributed by atoms with E-state index in [1.807, 2.05) is 11.3 Å². The molecular weight excluding hydrogens is 218 g/mol. The molecule has 16 heavy (non-hydrogen) atoms. The van der Waals surface area contributed by atoms with Crippen molar-refractivity contribution in [2.24, 2.45) is 0 Å². The van der Waals surface area contributed by atoms with Crippen molar-refractivity contribution in [2.75, 3.05) is 13.2 Å². The van der Waals surface area contributed by atoms with Crippen LogP contribution in [0.3, 0.4) is 0 Å². The van der Waals surface area contributed by atoms with Gasteiger partial charge in [0.05, 0.1) is 6.10 Å². The van der Waals surface area contributed by atoms with Crippen LogP contribution in [0.4, 0.5) is 0 Å². The highest BCUT2D eigenvalue weighted by Crippen LogP contribution is 2.30. The van der Waals surface area contributed by atoms with E-state index in [1.165, 1.54) is 23.3 Å². The number of aryl methyl sites for hydroxylation is 1. The number of nitrogens with one attached hydrogen (secondary N) is 1. The van der Waals surface area contributed by atoms with Gasteiger partial charge in [-0.05, 0) is 49.7 Å². The third-order valence-electron chi connectivity index (χ3n) is 3.19. The molecule has 1 fully saturated rings. The highest BCUT2D eigenvalue weighted by atomic mass is 32.1. The minimum absolute atomic E-state index is 0.463. The zero-order valence-corrected chi connectivity index (χ0v) is 11.0. The first-order chi connectivity index (χ1) is 7.81. The van der Waals surface area contributed by atoms with Crippen molar-refractivity contribution in [3.05, 3.63) is 21.9 Å². The lowest BCUT2D eigenvalue weighted by Crippen LogP contribution is -2.25. The lowest BCUT2D eigenvalue weighted by atomic mass is 10.0. The normalized spacial score (nSPS) is 22.5. The van der Waals surface area contributed by atoms with Gasteiger partial charge in [0.1, 0.15) is 0 Å². The van der Waals surface area contributed by atoms with Gasteiger partial charge in [0.25, 0.3) is 0 Å². The number of thiophene rings is 1.